The first kappa shape index (κ1) is 26.1. The second kappa shape index (κ2) is 13.4. The number of ether oxygens (including phenoxy) is 1. The van der Waals surface area contributed by atoms with Crippen LogP contribution >= 0.6 is 24.0 Å². The number of hydrogen-bond donors (Lipinski definition) is 2. The number of aromatic nitrogens is 1. The average Bonchev–Trinajstić information content (AvgIpc) is 2.72. The number of hydrogen-bond acceptors (Lipinski definition) is 5. The minimum absolute atomic E-state index is 0. The zero-order valence-electron chi connectivity index (χ0n) is 17.5. The fourth-order valence-electron chi connectivity index (χ4n) is 2.61. The molecule has 0 unspecified atom stereocenters. The first-order valence-corrected chi connectivity index (χ1v) is 11.1. The molecule has 2 aromatic rings. The summed E-state index contributed by atoms with van der Waals surface area (Å²) in [5.74, 6) is 1.56. The monoisotopic (exact) mass is 547 g/mol. The highest BCUT2D eigenvalue weighted by atomic mass is 127. The first-order valence-electron chi connectivity index (χ1n) is 9.57. The van der Waals surface area contributed by atoms with E-state index >= 15 is 0 Å². The molecule has 0 bridgehead atoms. The summed E-state index contributed by atoms with van der Waals surface area (Å²) in [6.45, 7) is 6.48. The number of nitrogens with one attached hydrogen (secondary N) is 2. The third kappa shape index (κ3) is 8.44. The van der Waals surface area contributed by atoms with E-state index in [1.807, 2.05) is 50.1 Å². The molecule has 1 heterocycles. The van der Waals surface area contributed by atoms with E-state index in [-0.39, 0.29) is 35.4 Å². The van der Waals surface area contributed by atoms with Gasteiger partial charge in [-0.25, -0.2) is 13.1 Å². The molecule has 30 heavy (non-hydrogen) atoms. The lowest BCUT2D eigenvalue weighted by Gasteiger charge is -2.22. The van der Waals surface area contributed by atoms with Crippen molar-refractivity contribution in [2.24, 2.45) is 4.99 Å². The van der Waals surface area contributed by atoms with Gasteiger partial charge in [-0.1, -0.05) is 12.1 Å². The number of sulfonamides is 1. The highest BCUT2D eigenvalue weighted by Crippen LogP contribution is 2.13. The van der Waals surface area contributed by atoms with Gasteiger partial charge in [0, 0.05) is 39.1 Å². The third-order valence-electron chi connectivity index (χ3n) is 3.96. The maximum Gasteiger partial charge on any atom is 0.242 e. The summed E-state index contributed by atoms with van der Waals surface area (Å²) in [5.41, 5.74) is 1.12. The van der Waals surface area contributed by atoms with Crippen molar-refractivity contribution >= 4 is 40.0 Å². The van der Waals surface area contributed by atoms with E-state index in [0.717, 1.165) is 11.3 Å². The third-order valence-corrected chi connectivity index (χ3v) is 5.41. The van der Waals surface area contributed by atoms with Crippen LogP contribution < -0.4 is 14.8 Å². The van der Waals surface area contributed by atoms with Gasteiger partial charge >= 0.3 is 0 Å². The van der Waals surface area contributed by atoms with Crippen molar-refractivity contribution in [3.63, 3.8) is 0 Å². The van der Waals surface area contributed by atoms with E-state index in [2.05, 4.69) is 20.0 Å². The zero-order chi connectivity index (χ0) is 21.1. The number of benzene rings is 1. The molecule has 0 aliphatic carbocycles. The Morgan fingerprint density at radius 1 is 1.20 bits per heavy atom. The van der Waals surface area contributed by atoms with Gasteiger partial charge in [0.05, 0.1) is 13.2 Å². The molecule has 0 radical (unpaired) electrons. The largest absolute Gasteiger partial charge is 0.494 e. The molecule has 0 spiro atoms. The first-order chi connectivity index (χ1) is 14.0. The molecule has 0 atom stereocenters. The van der Waals surface area contributed by atoms with Crippen molar-refractivity contribution in [1.29, 1.82) is 0 Å². The van der Waals surface area contributed by atoms with Crippen LogP contribution in [0.2, 0.25) is 0 Å². The lowest BCUT2D eigenvalue weighted by molar-refractivity contribution is 0.340. The van der Waals surface area contributed by atoms with Gasteiger partial charge in [-0.3, -0.25) is 9.98 Å². The summed E-state index contributed by atoms with van der Waals surface area (Å²) in [5, 5.41) is 3.23. The Balaban J connectivity index is 0.00000450. The fraction of sp³-hybridized carbons (Fsp3) is 0.400. The number of pyridine rings is 1. The lowest BCUT2D eigenvalue weighted by Crippen LogP contribution is -2.39. The Hall–Kier alpha value is -1.92. The average molecular weight is 547 g/mol. The SMILES string of the molecule is CCNC(=NCCNS(=O)(=O)c1cccnc1)N(C)Cc1ccc(OCC)cc1.I. The van der Waals surface area contributed by atoms with E-state index in [0.29, 0.717) is 32.2 Å². The summed E-state index contributed by atoms with van der Waals surface area (Å²) < 4.78 is 32.4. The van der Waals surface area contributed by atoms with Crippen LogP contribution in [0.1, 0.15) is 19.4 Å². The Morgan fingerprint density at radius 2 is 1.93 bits per heavy atom. The molecule has 1 aromatic carbocycles. The van der Waals surface area contributed by atoms with Crippen molar-refractivity contribution in [2.75, 3.05) is 33.3 Å². The molecule has 2 rings (SSSR count). The molecule has 8 nitrogen and oxygen atoms in total. The Morgan fingerprint density at radius 3 is 2.53 bits per heavy atom. The van der Waals surface area contributed by atoms with Gasteiger partial charge in [0.25, 0.3) is 0 Å². The van der Waals surface area contributed by atoms with Gasteiger partial charge in [0.15, 0.2) is 5.96 Å². The van der Waals surface area contributed by atoms with Gasteiger partial charge in [-0.2, -0.15) is 0 Å². The molecule has 10 heteroatoms. The van der Waals surface area contributed by atoms with E-state index in [1.165, 1.54) is 18.5 Å². The maximum absolute atomic E-state index is 12.2. The highest BCUT2D eigenvalue weighted by Gasteiger charge is 2.13. The molecular weight excluding hydrogens is 517 g/mol. The van der Waals surface area contributed by atoms with Crippen LogP contribution in [0.5, 0.6) is 5.75 Å². The molecule has 0 saturated heterocycles. The van der Waals surface area contributed by atoms with Gasteiger partial charge in [-0.05, 0) is 43.7 Å². The van der Waals surface area contributed by atoms with Crippen LogP contribution in [0.15, 0.2) is 58.7 Å². The van der Waals surface area contributed by atoms with Crippen LogP contribution in [-0.4, -0.2) is 57.6 Å². The molecule has 0 fully saturated rings. The minimum atomic E-state index is -3.58. The number of halogens is 1. The normalized spacial score (nSPS) is 11.5. The number of guanidine groups is 1. The van der Waals surface area contributed by atoms with Crippen LogP contribution in [0.25, 0.3) is 0 Å². The summed E-state index contributed by atoms with van der Waals surface area (Å²) in [6.07, 6.45) is 2.85. The van der Waals surface area contributed by atoms with Gasteiger partial charge in [0.2, 0.25) is 10.0 Å². The van der Waals surface area contributed by atoms with Crippen molar-refractivity contribution in [1.82, 2.24) is 19.9 Å². The highest BCUT2D eigenvalue weighted by molar-refractivity contribution is 14.0. The second-order valence-corrected chi connectivity index (χ2v) is 8.02. The number of aliphatic imine (C=N–C) groups is 1. The molecule has 0 aliphatic heterocycles. The lowest BCUT2D eigenvalue weighted by atomic mass is 10.2. The van der Waals surface area contributed by atoms with Crippen LogP contribution in [0.4, 0.5) is 0 Å². The minimum Gasteiger partial charge on any atom is -0.494 e. The smallest absolute Gasteiger partial charge is 0.242 e. The summed E-state index contributed by atoms with van der Waals surface area (Å²) >= 11 is 0. The number of rotatable bonds is 10. The Bertz CT molecular complexity index is 877. The van der Waals surface area contributed by atoms with Crippen molar-refractivity contribution in [2.45, 2.75) is 25.3 Å². The van der Waals surface area contributed by atoms with Crippen LogP contribution in [-0.2, 0) is 16.6 Å². The van der Waals surface area contributed by atoms with Crippen molar-refractivity contribution in [3.8, 4) is 5.75 Å². The predicted molar refractivity (Wildman–Crippen MR) is 130 cm³/mol. The van der Waals surface area contributed by atoms with Crippen LogP contribution in [0, 0.1) is 0 Å². The van der Waals surface area contributed by atoms with Gasteiger partial charge < -0.3 is 15.0 Å². The van der Waals surface area contributed by atoms with E-state index < -0.39 is 10.0 Å². The summed E-state index contributed by atoms with van der Waals surface area (Å²) in [4.78, 5) is 10.5. The maximum atomic E-state index is 12.2. The predicted octanol–water partition coefficient (Wildman–Crippen LogP) is 2.47. The molecule has 0 amide bonds. The standard InChI is InChI=1S/C20H29N5O3S.HI/c1-4-22-20(25(3)16-17-8-10-18(11-9-17)28-5-2)23-13-14-24-29(26,27)19-7-6-12-21-15-19;/h6-12,15,24H,4-5,13-14,16H2,1-3H3,(H,22,23);1H. The van der Waals surface area contributed by atoms with Crippen molar-refractivity contribution in [3.05, 3.63) is 54.4 Å². The van der Waals surface area contributed by atoms with E-state index in [4.69, 9.17) is 4.74 Å². The van der Waals surface area contributed by atoms with Crippen molar-refractivity contribution < 1.29 is 13.2 Å². The summed E-state index contributed by atoms with van der Waals surface area (Å²) in [7, 11) is -1.63. The Kier molecular flexibility index (Phi) is 11.7. The number of nitrogens with zero attached hydrogens (tertiary/aromatic N) is 3. The molecule has 1 aromatic heterocycles. The molecular formula is C20H30IN5O3S. The topological polar surface area (TPSA) is 95.9 Å². The summed E-state index contributed by atoms with van der Waals surface area (Å²) in [6, 6.07) is 11.0. The molecule has 166 valence electrons. The zero-order valence-corrected chi connectivity index (χ0v) is 20.7. The van der Waals surface area contributed by atoms with Gasteiger partial charge in [0.1, 0.15) is 10.6 Å². The van der Waals surface area contributed by atoms with Gasteiger partial charge in [-0.15, -0.1) is 24.0 Å². The van der Waals surface area contributed by atoms with E-state index in [9.17, 15) is 8.42 Å². The molecule has 2 N–H and O–H groups in total. The quantitative estimate of drug-likeness (QED) is 0.206. The Labute approximate surface area is 196 Å². The van der Waals surface area contributed by atoms with Crippen LogP contribution in [0.3, 0.4) is 0 Å². The molecule has 0 aliphatic rings. The van der Waals surface area contributed by atoms with E-state index in [1.54, 1.807) is 6.07 Å². The fourth-order valence-corrected chi connectivity index (χ4v) is 3.59. The second-order valence-electron chi connectivity index (χ2n) is 6.26. The molecule has 0 saturated carbocycles.